The van der Waals surface area contributed by atoms with Gasteiger partial charge in [-0.05, 0) is 35.0 Å². The van der Waals surface area contributed by atoms with Gasteiger partial charge >= 0.3 is 0 Å². The van der Waals surface area contributed by atoms with Crippen LogP contribution in [0, 0.1) is 0 Å². The molecule has 5 heteroatoms. The third-order valence-electron chi connectivity index (χ3n) is 4.48. The molecule has 2 N–H and O–H groups in total. The highest BCUT2D eigenvalue weighted by atomic mass is 16.6. The van der Waals surface area contributed by atoms with Crippen molar-refractivity contribution >= 4 is 10.8 Å². The van der Waals surface area contributed by atoms with Crippen LogP contribution in [0.15, 0.2) is 66.7 Å². The maximum Gasteiger partial charge on any atom is 0.161 e. The van der Waals surface area contributed by atoms with Crippen molar-refractivity contribution in [2.24, 2.45) is 0 Å². The monoisotopic (exact) mass is 365 g/mol. The first kappa shape index (κ1) is 17.6. The van der Waals surface area contributed by atoms with Crippen LogP contribution in [-0.4, -0.2) is 43.6 Å². The molecule has 5 nitrogen and oxygen atoms in total. The summed E-state index contributed by atoms with van der Waals surface area (Å²) in [5, 5.41) is 15.7. The van der Waals surface area contributed by atoms with Crippen molar-refractivity contribution in [2.75, 3.05) is 26.3 Å². The molecule has 2 atom stereocenters. The maximum absolute atomic E-state index is 10.2. The van der Waals surface area contributed by atoms with Crippen LogP contribution in [0.4, 0.5) is 0 Å². The van der Waals surface area contributed by atoms with Crippen LogP contribution in [0.25, 0.3) is 10.8 Å². The summed E-state index contributed by atoms with van der Waals surface area (Å²) < 4.78 is 17.3. The topological polar surface area (TPSA) is 60.0 Å². The van der Waals surface area contributed by atoms with E-state index in [1.165, 1.54) is 5.39 Å². The summed E-state index contributed by atoms with van der Waals surface area (Å²) >= 11 is 0. The average Bonchev–Trinajstić information content (AvgIpc) is 2.72. The van der Waals surface area contributed by atoms with E-state index in [4.69, 9.17) is 14.2 Å². The number of ether oxygens (including phenoxy) is 3. The summed E-state index contributed by atoms with van der Waals surface area (Å²) in [5.74, 6) is 2.29. The molecule has 0 saturated heterocycles. The molecule has 1 heterocycles. The molecule has 140 valence electrons. The number of hydrogen-bond acceptors (Lipinski definition) is 5. The Bertz CT molecular complexity index is 898. The molecule has 3 aromatic rings. The van der Waals surface area contributed by atoms with Crippen LogP contribution in [0.5, 0.6) is 17.2 Å². The quantitative estimate of drug-likeness (QED) is 0.674. The predicted molar refractivity (Wildman–Crippen MR) is 105 cm³/mol. The molecule has 0 amide bonds. The van der Waals surface area contributed by atoms with Gasteiger partial charge in [-0.1, -0.05) is 42.5 Å². The first-order chi connectivity index (χ1) is 13.3. The largest absolute Gasteiger partial charge is 0.491 e. The smallest absolute Gasteiger partial charge is 0.161 e. The van der Waals surface area contributed by atoms with Crippen LogP contribution in [0.1, 0.15) is 0 Å². The zero-order valence-corrected chi connectivity index (χ0v) is 15.0. The molecule has 0 fully saturated rings. The van der Waals surface area contributed by atoms with Crippen LogP contribution in [0.2, 0.25) is 0 Å². The van der Waals surface area contributed by atoms with Crippen molar-refractivity contribution in [1.29, 1.82) is 0 Å². The van der Waals surface area contributed by atoms with Crippen LogP contribution < -0.4 is 19.5 Å². The number of aliphatic hydroxyl groups is 1. The van der Waals surface area contributed by atoms with E-state index < -0.39 is 6.10 Å². The second-order valence-electron chi connectivity index (χ2n) is 6.63. The van der Waals surface area contributed by atoms with Gasteiger partial charge in [-0.3, -0.25) is 0 Å². The minimum atomic E-state index is -0.603. The Hall–Kier alpha value is -2.76. The van der Waals surface area contributed by atoms with Gasteiger partial charge in [-0.2, -0.15) is 0 Å². The highest BCUT2D eigenvalue weighted by Crippen LogP contribution is 2.30. The number of rotatable bonds is 7. The first-order valence-electron chi connectivity index (χ1n) is 9.17. The molecule has 0 unspecified atom stereocenters. The van der Waals surface area contributed by atoms with Gasteiger partial charge in [0.2, 0.25) is 0 Å². The Morgan fingerprint density at radius 2 is 1.78 bits per heavy atom. The fourth-order valence-electron chi connectivity index (χ4n) is 3.08. The Morgan fingerprint density at radius 3 is 2.67 bits per heavy atom. The Morgan fingerprint density at radius 1 is 1.00 bits per heavy atom. The van der Waals surface area contributed by atoms with E-state index >= 15 is 0 Å². The van der Waals surface area contributed by atoms with Crippen molar-refractivity contribution in [3.63, 3.8) is 0 Å². The van der Waals surface area contributed by atoms with Crippen molar-refractivity contribution in [2.45, 2.75) is 12.2 Å². The third-order valence-corrected chi connectivity index (χ3v) is 4.48. The molecule has 0 radical (unpaired) electrons. The van der Waals surface area contributed by atoms with Crippen LogP contribution >= 0.6 is 0 Å². The lowest BCUT2D eigenvalue weighted by Crippen LogP contribution is -2.41. The van der Waals surface area contributed by atoms with E-state index in [9.17, 15) is 5.11 Å². The van der Waals surface area contributed by atoms with Gasteiger partial charge in [0.1, 0.15) is 31.2 Å². The summed E-state index contributed by atoms with van der Waals surface area (Å²) in [6.45, 7) is 1.75. The van der Waals surface area contributed by atoms with E-state index in [-0.39, 0.29) is 12.7 Å². The van der Waals surface area contributed by atoms with Crippen molar-refractivity contribution in [3.05, 3.63) is 66.7 Å². The number of para-hydroxylation sites is 2. The Kier molecular flexibility index (Phi) is 5.42. The zero-order valence-electron chi connectivity index (χ0n) is 15.0. The lowest BCUT2D eigenvalue weighted by molar-refractivity contribution is 0.0778. The zero-order chi connectivity index (χ0) is 18.5. The van der Waals surface area contributed by atoms with Crippen LogP contribution in [0.3, 0.4) is 0 Å². The second-order valence-corrected chi connectivity index (χ2v) is 6.63. The average molecular weight is 365 g/mol. The molecule has 1 aliphatic heterocycles. The number of aliphatic hydroxyl groups excluding tert-OH is 1. The molecule has 0 aromatic heterocycles. The molecular formula is C22H23NO4. The summed E-state index contributed by atoms with van der Waals surface area (Å²) in [7, 11) is 0. The molecule has 0 aliphatic carbocycles. The fraction of sp³-hybridized carbons (Fsp3) is 0.273. The van der Waals surface area contributed by atoms with Gasteiger partial charge in [0.25, 0.3) is 0 Å². The SMILES string of the molecule is O[C@H](CNC[C@@H]1COc2ccccc2O1)COc1ccc2ccccc2c1. The van der Waals surface area contributed by atoms with Gasteiger partial charge < -0.3 is 24.6 Å². The first-order valence-corrected chi connectivity index (χ1v) is 9.17. The molecule has 1 aliphatic rings. The summed E-state index contributed by atoms with van der Waals surface area (Å²) in [5.41, 5.74) is 0. The van der Waals surface area contributed by atoms with Gasteiger partial charge in [0, 0.05) is 13.1 Å². The second kappa shape index (κ2) is 8.29. The highest BCUT2D eigenvalue weighted by Gasteiger charge is 2.20. The van der Waals surface area contributed by atoms with E-state index in [0.29, 0.717) is 19.7 Å². The highest BCUT2D eigenvalue weighted by molar-refractivity contribution is 5.83. The number of nitrogens with one attached hydrogen (secondary N) is 1. The molecule has 0 bridgehead atoms. The molecule has 3 aromatic carbocycles. The van der Waals surface area contributed by atoms with Crippen molar-refractivity contribution in [1.82, 2.24) is 5.32 Å². The molecule has 27 heavy (non-hydrogen) atoms. The summed E-state index contributed by atoms with van der Waals surface area (Å²) in [6.07, 6.45) is -0.679. The summed E-state index contributed by atoms with van der Waals surface area (Å²) in [4.78, 5) is 0. The minimum Gasteiger partial charge on any atom is -0.491 e. The lowest BCUT2D eigenvalue weighted by atomic mass is 10.1. The van der Waals surface area contributed by atoms with E-state index in [1.807, 2.05) is 60.7 Å². The van der Waals surface area contributed by atoms with E-state index in [0.717, 1.165) is 22.6 Å². The maximum atomic E-state index is 10.2. The standard InChI is InChI=1S/C22H23NO4/c24-18(14-25-19-10-9-16-5-1-2-6-17(16)11-19)12-23-13-20-15-26-21-7-3-4-8-22(21)27-20/h1-11,18,20,23-24H,12-15H2/t18-,20-/m1/s1. The van der Waals surface area contributed by atoms with Crippen LogP contribution in [-0.2, 0) is 0 Å². The van der Waals surface area contributed by atoms with Gasteiger partial charge in [-0.25, -0.2) is 0 Å². The van der Waals surface area contributed by atoms with Gasteiger partial charge in [0.05, 0.1) is 0 Å². The molecule has 0 saturated carbocycles. The molecular weight excluding hydrogens is 342 g/mol. The predicted octanol–water partition coefficient (Wildman–Crippen LogP) is 3.01. The van der Waals surface area contributed by atoms with Crippen molar-refractivity contribution < 1.29 is 19.3 Å². The van der Waals surface area contributed by atoms with Gasteiger partial charge in [0.15, 0.2) is 11.5 Å². The Labute approximate surface area is 158 Å². The Balaban J connectivity index is 1.20. The summed E-state index contributed by atoms with van der Waals surface area (Å²) in [6, 6.07) is 21.7. The molecule has 4 rings (SSSR count). The lowest BCUT2D eigenvalue weighted by Gasteiger charge is -2.27. The molecule has 0 spiro atoms. The number of hydrogen-bond donors (Lipinski definition) is 2. The minimum absolute atomic E-state index is 0.0755. The third kappa shape index (κ3) is 4.51. The number of benzene rings is 3. The van der Waals surface area contributed by atoms with E-state index in [1.54, 1.807) is 0 Å². The number of fused-ring (bicyclic) bond motifs is 2. The normalized spacial score (nSPS) is 16.9. The fourth-order valence-corrected chi connectivity index (χ4v) is 3.08. The van der Waals surface area contributed by atoms with E-state index in [2.05, 4.69) is 11.4 Å². The van der Waals surface area contributed by atoms with Crippen molar-refractivity contribution in [3.8, 4) is 17.2 Å². The van der Waals surface area contributed by atoms with Gasteiger partial charge in [-0.15, -0.1) is 0 Å².